The molecule has 0 saturated heterocycles. The van der Waals surface area contributed by atoms with E-state index in [-0.39, 0.29) is 12.5 Å². The third-order valence-corrected chi connectivity index (χ3v) is 5.06. The van der Waals surface area contributed by atoms with Crippen molar-refractivity contribution in [2.24, 2.45) is 0 Å². The number of thiophene rings is 1. The number of carbonyl (C=O) groups excluding carboxylic acids is 2. The zero-order valence-electron chi connectivity index (χ0n) is 14.5. The van der Waals surface area contributed by atoms with Crippen LogP contribution in [0.2, 0.25) is 5.02 Å². The summed E-state index contributed by atoms with van der Waals surface area (Å²) in [6.07, 6.45) is 0.689. The lowest BCUT2D eigenvalue weighted by atomic mass is 10.1. The normalized spacial score (nSPS) is 10.4. The second-order valence-electron chi connectivity index (χ2n) is 5.81. The number of rotatable bonds is 7. The molecular weight excluding hydrogens is 382 g/mol. The third kappa shape index (κ3) is 5.42. The maximum Gasteiger partial charge on any atom is 0.348 e. The number of hydrogen-bond acceptors (Lipinski definition) is 4. The topological polar surface area (TPSA) is 46.6 Å². The lowest BCUT2D eigenvalue weighted by Gasteiger charge is -2.23. The number of nitrogens with zero attached hydrogens (tertiary/aromatic N) is 1. The Morgan fingerprint density at radius 3 is 2.37 bits per heavy atom. The van der Waals surface area contributed by atoms with Crippen LogP contribution in [0.3, 0.4) is 0 Å². The van der Waals surface area contributed by atoms with Crippen LogP contribution in [-0.2, 0) is 16.0 Å². The van der Waals surface area contributed by atoms with Gasteiger partial charge < -0.3 is 9.64 Å². The van der Waals surface area contributed by atoms with E-state index >= 15 is 0 Å². The van der Waals surface area contributed by atoms with Crippen LogP contribution < -0.4 is 4.90 Å². The van der Waals surface area contributed by atoms with Crippen molar-refractivity contribution < 1.29 is 14.3 Å². The molecule has 0 atom stereocenters. The summed E-state index contributed by atoms with van der Waals surface area (Å²) in [6.45, 7) is 0.162. The van der Waals surface area contributed by atoms with E-state index in [9.17, 15) is 9.59 Å². The molecule has 3 rings (SSSR count). The van der Waals surface area contributed by atoms with Crippen molar-refractivity contribution >= 4 is 40.5 Å². The number of benzene rings is 2. The summed E-state index contributed by atoms with van der Waals surface area (Å²) in [7, 11) is 0. The van der Waals surface area contributed by atoms with Crippen LogP contribution >= 0.6 is 22.9 Å². The predicted octanol–water partition coefficient (Wildman–Crippen LogP) is 4.83. The van der Waals surface area contributed by atoms with E-state index in [0.29, 0.717) is 28.6 Å². The molecule has 3 aromatic rings. The maximum absolute atomic E-state index is 12.7. The molecule has 0 N–H and O–H groups in total. The highest BCUT2D eigenvalue weighted by atomic mass is 35.5. The molecule has 27 heavy (non-hydrogen) atoms. The van der Waals surface area contributed by atoms with Crippen molar-refractivity contribution in [2.75, 3.05) is 18.1 Å². The number of esters is 1. The van der Waals surface area contributed by atoms with Crippen molar-refractivity contribution in [1.29, 1.82) is 0 Å². The summed E-state index contributed by atoms with van der Waals surface area (Å²) >= 11 is 7.24. The van der Waals surface area contributed by atoms with Gasteiger partial charge in [-0.1, -0.05) is 48.0 Å². The monoisotopic (exact) mass is 399 g/mol. The highest BCUT2D eigenvalue weighted by Crippen LogP contribution is 2.19. The average Bonchev–Trinajstić information content (AvgIpc) is 3.23. The highest BCUT2D eigenvalue weighted by molar-refractivity contribution is 7.11. The lowest BCUT2D eigenvalue weighted by Crippen LogP contribution is -2.36. The Bertz CT molecular complexity index is 880. The first-order valence-corrected chi connectivity index (χ1v) is 9.70. The summed E-state index contributed by atoms with van der Waals surface area (Å²) < 4.78 is 5.18. The fraction of sp³-hybridized carbons (Fsp3) is 0.143. The molecule has 0 bridgehead atoms. The quantitative estimate of drug-likeness (QED) is 0.534. The van der Waals surface area contributed by atoms with Gasteiger partial charge in [0.15, 0.2) is 6.61 Å². The number of hydrogen-bond donors (Lipinski definition) is 0. The molecular formula is C21H18ClNO3S. The van der Waals surface area contributed by atoms with Crippen molar-refractivity contribution in [3.8, 4) is 0 Å². The van der Waals surface area contributed by atoms with Crippen molar-refractivity contribution in [3.63, 3.8) is 0 Å². The summed E-state index contributed by atoms with van der Waals surface area (Å²) in [6, 6.07) is 20.4. The van der Waals surface area contributed by atoms with Gasteiger partial charge in [0.1, 0.15) is 4.88 Å². The van der Waals surface area contributed by atoms with Crippen molar-refractivity contribution in [3.05, 3.63) is 87.6 Å². The number of halogens is 1. The standard InChI is InChI=1S/C21H18ClNO3S/c22-17-8-10-18(11-9-17)23(13-12-16-5-2-1-3-6-16)20(24)15-26-21(25)19-7-4-14-27-19/h1-11,14H,12-13,15H2. The molecule has 2 aromatic carbocycles. The number of anilines is 1. The first-order valence-electron chi connectivity index (χ1n) is 8.44. The van der Waals surface area contributed by atoms with E-state index in [0.717, 1.165) is 5.56 Å². The van der Waals surface area contributed by atoms with Crippen LogP contribution in [-0.4, -0.2) is 25.0 Å². The lowest BCUT2D eigenvalue weighted by molar-refractivity contribution is -0.121. The number of amides is 1. The van der Waals surface area contributed by atoms with Crippen LogP contribution in [0.25, 0.3) is 0 Å². The van der Waals surface area contributed by atoms with Gasteiger partial charge in [-0.3, -0.25) is 4.79 Å². The summed E-state index contributed by atoms with van der Waals surface area (Å²) in [5.74, 6) is -0.768. The third-order valence-electron chi connectivity index (χ3n) is 3.96. The Balaban J connectivity index is 1.69. The molecule has 0 saturated carbocycles. The van der Waals surface area contributed by atoms with Gasteiger partial charge in [0.2, 0.25) is 0 Å². The Kier molecular flexibility index (Phi) is 6.63. The molecule has 0 aliphatic rings. The SMILES string of the molecule is O=C(OCC(=O)N(CCc1ccccc1)c1ccc(Cl)cc1)c1cccs1. The smallest absolute Gasteiger partial charge is 0.348 e. The average molecular weight is 400 g/mol. The molecule has 0 fully saturated rings. The van der Waals surface area contributed by atoms with Crippen LogP contribution in [0.4, 0.5) is 5.69 Å². The first-order chi connectivity index (χ1) is 13.1. The van der Waals surface area contributed by atoms with Crippen LogP contribution in [0.15, 0.2) is 72.1 Å². The molecule has 0 unspecified atom stereocenters. The van der Waals surface area contributed by atoms with E-state index in [1.807, 2.05) is 30.3 Å². The van der Waals surface area contributed by atoms with E-state index in [1.165, 1.54) is 11.3 Å². The molecule has 0 spiro atoms. The van der Waals surface area contributed by atoms with Gasteiger partial charge in [0.25, 0.3) is 5.91 Å². The van der Waals surface area contributed by atoms with Gasteiger partial charge >= 0.3 is 5.97 Å². The zero-order chi connectivity index (χ0) is 19.1. The van der Waals surface area contributed by atoms with E-state index in [1.54, 1.807) is 46.7 Å². The largest absolute Gasteiger partial charge is 0.451 e. The Hall–Kier alpha value is -2.63. The van der Waals surface area contributed by atoms with Crippen LogP contribution in [0.1, 0.15) is 15.2 Å². The predicted molar refractivity (Wildman–Crippen MR) is 109 cm³/mol. The number of ether oxygens (including phenoxy) is 1. The summed E-state index contributed by atoms with van der Waals surface area (Å²) in [5.41, 5.74) is 1.84. The van der Waals surface area contributed by atoms with Gasteiger partial charge in [-0.25, -0.2) is 4.79 Å². The van der Waals surface area contributed by atoms with Crippen LogP contribution in [0.5, 0.6) is 0 Å². The molecule has 1 heterocycles. The second kappa shape index (κ2) is 9.35. The molecule has 6 heteroatoms. The minimum atomic E-state index is -0.488. The molecule has 4 nitrogen and oxygen atoms in total. The zero-order valence-corrected chi connectivity index (χ0v) is 16.1. The highest BCUT2D eigenvalue weighted by Gasteiger charge is 2.18. The molecule has 138 valence electrons. The van der Waals surface area contributed by atoms with Gasteiger partial charge in [0, 0.05) is 17.3 Å². The Morgan fingerprint density at radius 2 is 1.70 bits per heavy atom. The summed E-state index contributed by atoms with van der Waals surface area (Å²) in [4.78, 5) is 26.8. The van der Waals surface area contributed by atoms with Gasteiger partial charge in [-0.05, 0) is 47.7 Å². The number of carbonyl (C=O) groups is 2. The van der Waals surface area contributed by atoms with Gasteiger partial charge in [-0.15, -0.1) is 11.3 Å². The molecule has 0 aliphatic carbocycles. The van der Waals surface area contributed by atoms with Gasteiger partial charge in [0.05, 0.1) is 0 Å². The van der Waals surface area contributed by atoms with E-state index in [4.69, 9.17) is 16.3 Å². The van der Waals surface area contributed by atoms with Crippen molar-refractivity contribution in [2.45, 2.75) is 6.42 Å². The fourth-order valence-corrected chi connectivity index (χ4v) is 3.32. The first kappa shape index (κ1) is 19.1. The Morgan fingerprint density at radius 1 is 0.963 bits per heavy atom. The van der Waals surface area contributed by atoms with Crippen LogP contribution in [0, 0.1) is 0 Å². The fourth-order valence-electron chi connectivity index (χ4n) is 2.58. The molecule has 0 radical (unpaired) electrons. The van der Waals surface area contributed by atoms with E-state index in [2.05, 4.69) is 0 Å². The molecule has 1 aromatic heterocycles. The molecule has 1 amide bonds. The maximum atomic E-state index is 12.7. The second-order valence-corrected chi connectivity index (χ2v) is 7.19. The van der Waals surface area contributed by atoms with Gasteiger partial charge in [-0.2, -0.15) is 0 Å². The Labute approximate surface area is 167 Å². The molecule has 0 aliphatic heterocycles. The van der Waals surface area contributed by atoms with E-state index < -0.39 is 5.97 Å². The van der Waals surface area contributed by atoms with Crippen molar-refractivity contribution in [1.82, 2.24) is 0 Å². The minimum absolute atomic E-state index is 0.279. The summed E-state index contributed by atoms with van der Waals surface area (Å²) in [5, 5.41) is 2.39. The minimum Gasteiger partial charge on any atom is -0.451 e.